The molecule has 2 N–H and O–H groups in total. The summed E-state index contributed by atoms with van der Waals surface area (Å²) in [6.07, 6.45) is 3.03. The van der Waals surface area contributed by atoms with Crippen molar-refractivity contribution in [2.45, 2.75) is 33.3 Å². The van der Waals surface area contributed by atoms with Gasteiger partial charge in [0, 0.05) is 28.8 Å². The molecule has 0 fully saturated rings. The number of benzene rings is 2. The molecule has 0 spiro atoms. The maximum Gasteiger partial charge on any atom is 0.129 e. The molecule has 0 saturated carbocycles. The SMILES string of the molecule is [2H][C@](Nc1cc(Cl)c2ncc(C#N)c(NCC(C)(C)C)c2c1)(c1cn(CC#N)nn1)c1ccccc1Cl. The van der Waals surface area contributed by atoms with E-state index in [4.69, 9.17) is 28.5 Å². The van der Waals surface area contributed by atoms with Crippen molar-refractivity contribution in [1.29, 1.82) is 10.5 Å². The summed E-state index contributed by atoms with van der Waals surface area (Å²) in [5.74, 6) is 0. The van der Waals surface area contributed by atoms with Gasteiger partial charge >= 0.3 is 0 Å². The number of fused-ring (bicyclic) bond motifs is 1. The summed E-state index contributed by atoms with van der Waals surface area (Å²) in [6, 6.07) is 12.9. The maximum atomic E-state index is 9.74. The molecule has 2 heterocycles. The summed E-state index contributed by atoms with van der Waals surface area (Å²) in [7, 11) is 0. The van der Waals surface area contributed by atoms with Crippen molar-refractivity contribution in [3.8, 4) is 12.1 Å². The molecule has 0 unspecified atom stereocenters. The van der Waals surface area contributed by atoms with Gasteiger partial charge in [0.05, 0.1) is 41.4 Å². The minimum atomic E-state index is -1.68. The predicted molar refractivity (Wildman–Crippen MR) is 142 cm³/mol. The number of nitrogens with one attached hydrogen (secondary N) is 2. The number of hydrogen-bond acceptors (Lipinski definition) is 7. The van der Waals surface area contributed by atoms with Gasteiger partial charge in [-0.3, -0.25) is 4.98 Å². The number of nitrogens with zero attached hydrogens (tertiary/aromatic N) is 6. The van der Waals surface area contributed by atoms with Gasteiger partial charge in [-0.05, 0) is 29.2 Å². The second kappa shape index (κ2) is 10.4. The minimum Gasteiger partial charge on any atom is -0.383 e. The fourth-order valence-corrected chi connectivity index (χ4v) is 4.10. The molecule has 4 aromatic rings. The molecule has 36 heavy (non-hydrogen) atoms. The van der Waals surface area contributed by atoms with Gasteiger partial charge in [-0.2, -0.15) is 10.5 Å². The monoisotopic (exact) mass is 519 g/mol. The Morgan fingerprint density at radius 2 is 1.94 bits per heavy atom. The molecule has 0 aliphatic heterocycles. The lowest BCUT2D eigenvalue weighted by atomic mass is 9.96. The van der Waals surface area contributed by atoms with E-state index in [9.17, 15) is 6.63 Å². The van der Waals surface area contributed by atoms with Crippen LogP contribution in [0.4, 0.5) is 11.4 Å². The fraction of sp³-hybridized carbons (Fsp3) is 0.269. The first kappa shape index (κ1) is 23.9. The lowest BCUT2D eigenvalue weighted by molar-refractivity contribution is 0.443. The van der Waals surface area contributed by atoms with Crippen LogP contribution in [0, 0.1) is 28.1 Å². The summed E-state index contributed by atoms with van der Waals surface area (Å²) in [5.41, 5.74) is 2.63. The van der Waals surface area contributed by atoms with Gasteiger partial charge in [-0.1, -0.05) is 67.4 Å². The van der Waals surface area contributed by atoms with E-state index in [2.05, 4.69) is 52.8 Å². The summed E-state index contributed by atoms with van der Waals surface area (Å²) >= 11 is 13.2. The number of rotatable bonds is 7. The first-order valence-electron chi connectivity index (χ1n) is 11.6. The van der Waals surface area contributed by atoms with E-state index in [0.717, 1.165) is 0 Å². The van der Waals surface area contributed by atoms with E-state index in [1.165, 1.54) is 17.1 Å². The smallest absolute Gasteiger partial charge is 0.129 e. The highest BCUT2D eigenvalue weighted by molar-refractivity contribution is 6.36. The van der Waals surface area contributed by atoms with Crippen molar-refractivity contribution < 1.29 is 1.37 Å². The molecule has 0 bridgehead atoms. The molecule has 1 atom stereocenters. The van der Waals surface area contributed by atoms with Gasteiger partial charge in [0.2, 0.25) is 0 Å². The van der Waals surface area contributed by atoms with Crippen molar-refractivity contribution >= 4 is 45.5 Å². The normalized spacial score (nSPS) is 13.4. The Labute approximate surface area is 220 Å². The summed E-state index contributed by atoms with van der Waals surface area (Å²) in [6.45, 7) is 6.87. The highest BCUT2D eigenvalue weighted by Crippen LogP contribution is 2.37. The third-order valence-electron chi connectivity index (χ3n) is 5.28. The van der Waals surface area contributed by atoms with Crippen molar-refractivity contribution in [3.05, 3.63) is 75.7 Å². The van der Waals surface area contributed by atoms with Gasteiger partial charge in [0.25, 0.3) is 0 Å². The fourth-order valence-electron chi connectivity index (χ4n) is 3.60. The summed E-state index contributed by atoms with van der Waals surface area (Å²) in [4.78, 5) is 4.40. The van der Waals surface area contributed by atoms with Gasteiger partial charge in [-0.25, -0.2) is 4.68 Å². The zero-order chi connectivity index (χ0) is 26.8. The van der Waals surface area contributed by atoms with E-state index >= 15 is 0 Å². The number of pyridine rings is 1. The minimum absolute atomic E-state index is 0.0151. The van der Waals surface area contributed by atoms with Crippen LogP contribution in [0.5, 0.6) is 0 Å². The van der Waals surface area contributed by atoms with Crippen molar-refractivity contribution in [2.24, 2.45) is 5.41 Å². The van der Waals surface area contributed by atoms with Crippen LogP contribution in [0.15, 0.2) is 48.8 Å². The van der Waals surface area contributed by atoms with Crippen LogP contribution >= 0.6 is 23.2 Å². The van der Waals surface area contributed by atoms with Crippen LogP contribution in [-0.4, -0.2) is 26.5 Å². The standard InChI is InChI=1S/C26H24Cl2N8/c1-26(2,3)15-32-23-16(12-30)13-31-24-19(23)10-17(11-21(24)28)33-25(18-6-4-5-7-20(18)27)22-14-36(9-8-29)35-34-22/h4-7,10-11,13-14,25,33H,9,15H2,1-3H3,(H,31,32)/t25-/m1/s1/i25D. The molecular weight excluding hydrogens is 495 g/mol. The lowest BCUT2D eigenvalue weighted by Gasteiger charge is -2.22. The first-order chi connectivity index (χ1) is 17.6. The molecule has 0 aliphatic rings. The Morgan fingerprint density at radius 1 is 1.17 bits per heavy atom. The first-order valence-corrected chi connectivity index (χ1v) is 11.9. The zero-order valence-electron chi connectivity index (χ0n) is 21.0. The Morgan fingerprint density at radius 3 is 2.64 bits per heavy atom. The maximum absolute atomic E-state index is 9.74. The molecule has 2 aromatic heterocycles. The molecule has 182 valence electrons. The quantitative estimate of drug-likeness (QED) is 0.299. The van der Waals surface area contributed by atoms with Gasteiger partial charge < -0.3 is 10.6 Å². The van der Waals surface area contributed by atoms with Crippen LogP contribution in [0.3, 0.4) is 0 Å². The molecule has 0 radical (unpaired) electrons. The third kappa shape index (κ3) is 5.52. The van der Waals surface area contributed by atoms with E-state index in [0.29, 0.717) is 50.0 Å². The molecule has 0 amide bonds. The van der Waals surface area contributed by atoms with Gasteiger partial charge in [-0.15, -0.1) is 5.10 Å². The van der Waals surface area contributed by atoms with Crippen LogP contribution in [0.1, 0.15) is 45.0 Å². The van der Waals surface area contributed by atoms with Gasteiger partial charge in [0.1, 0.15) is 18.3 Å². The van der Waals surface area contributed by atoms with Crippen LogP contribution in [0.2, 0.25) is 10.0 Å². The molecular formula is C26H24Cl2N8. The third-order valence-corrected chi connectivity index (χ3v) is 5.90. The van der Waals surface area contributed by atoms with Crippen molar-refractivity contribution in [2.75, 3.05) is 17.2 Å². The Kier molecular flexibility index (Phi) is 6.90. The number of halogens is 2. The van der Waals surface area contributed by atoms with Crippen molar-refractivity contribution in [3.63, 3.8) is 0 Å². The lowest BCUT2D eigenvalue weighted by Crippen LogP contribution is -2.20. The highest BCUT2D eigenvalue weighted by Gasteiger charge is 2.22. The molecule has 0 saturated heterocycles. The average molecular weight is 520 g/mol. The summed E-state index contributed by atoms with van der Waals surface area (Å²) < 4.78 is 10.8. The topological polar surface area (TPSA) is 115 Å². The molecule has 10 heteroatoms. The zero-order valence-corrected chi connectivity index (χ0v) is 21.5. The highest BCUT2D eigenvalue weighted by atomic mass is 35.5. The molecule has 0 aliphatic carbocycles. The number of nitriles is 2. The average Bonchev–Trinajstić information content (AvgIpc) is 3.32. The van der Waals surface area contributed by atoms with Crippen LogP contribution in [-0.2, 0) is 6.54 Å². The molecule has 8 nitrogen and oxygen atoms in total. The van der Waals surface area contributed by atoms with E-state index in [1.54, 1.807) is 36.4 Å². The number of aromatic nitrogens is 4. The largest absolute Gasteiger partial charge is 0.383 e. The second-order valence-electron chi connectivity index (χ2n) is 9.37. The Bertz CT molecular complexity index is 1550. The van der Waals surface area contributed by atoms with E-state index in [-0.39, 0.29) is 17.7 Å². The van der Waals surface area contributed by atoms with Crippen LogP contribution in [0.25, 0.3) is 10.9 Å². The van der Waals surface area contributed by atoms with E-state index in [1.807, 2.05) is 6.07 Å². The predicted octanol–water partition coefficient (Wildman–Crippen LogP) is 6.19. The molecule has 4 rings (SSSR count). The Balaban J connectivity index is 1.88. The molecule has 2 aromatic carbocycles. The number of anilines is 2. The second-order valence-corrected chi connectivity index (χ2v) is 10.2. The summed E-state index contributed by atoms with van der Waals surface area (Å²) in [5, 5.41) is 34.9. The Hall–Kier alpha value is -3.85. The van der Waals surface area contributed by atoms with E-state index < -0.39 is 6.02 Å². The van der Waals surface area contributed by atoms with Crippen molar-refractivity contribution in [1.82, 2.24) is 20.0 Å². The number of hydrogen-bond donors (Lipinski definition) is 2. The van der Waals surface area contributed by atoms with Gasteiger partial charge in [0.15, 0.2) is 0 Å². The van der Waals surface area contributed by atoms with Crippen LogP contribution < -0.4 is 10.6 Å².